The number of methoxy groups -OCH3 is 2. The van der Waals surface area contributed by atoms with Crippen LogP contribution in [0.2, 0.25) is 0 Å². The number of hydrogen-bond donors (Lipinski definition) is 2. The summed E-state index contributed by atoms with van der Waals surface area (Å²) >= 11 is 3.41. The summed E-state index contributed by atoms with van der Waals surface area (Å²) in [7, 11) is 3.40. The highest BCUT2D eigenvalue weighted by Gasteiger charge is 2.12. The molecule has 7 nitrogen and oxygen atoms in total. The second-order valence-electron chi connectivity index (χ2n) is 6.65. The number of aromatic amines is 1. The van der Waals surface area contributed by atoms with E-state index in [1.165, 1.54) is 0 Å². The van der Waals surface area contributed by atoms with Gasteiger partial charge in [-0.25, -0.2) is 4.98 Å². The largest absolute Gasteiger partial charge is 0.383 e. The van der Waals surface area contributed by atoms with Crippen LogP contribution in [0.1, 0.15) is 16.1 Å². The summed E-state index contributed by atoms with van der Waals surface area (Å²) in [6, 6.07) is 11.3. The first kappa shape index (κ1) is 21.4. The predicted octanol–water partition coefficient (Wildman–Crippen LogP) is 3.67. The number of fused-ring (bicyclic) bond motifs is 1. The van der Waals surface area contributed by atoms with Crippen molar-refractivity contribution in [3.8, 4) is 0 Å². The minimum absolute atomic E-state index is 0.181. The van der Waals surface area contributed by atoms with Gasteiger partial charge in [0.2, 0.25) is 0 Å². The summed E-state index contributed by atoms with van der Waals surface area (Å²) in [6.07, 6.45) is 1.66. The molecule has 29 heavy (non-hydrogen) atoms. The minimum atomic E-state index is -0.181. The maximum atomic E-state index is 12.5. The van der Waals surface area contributed by atoms with E-state index in [2.05, 4.69) is 42.2 Å². The smallest absolute Gasteiger partial charge is 0.256 e. The molecule has 2 aromatic heterocycles. The lowest BCUT2D eigenvalue weighted by atomic mass is 10.2. The van der Waals surface area contributed by atoms with Crippen LogP contribution in [0.3, 0.4) is 0 Å². The Morgan fingerprint density at radius 2 is 1.90 bits per heavy atom. The van der Waals surface area contributed by atoms with Gasteiger partial charge < -0.3 is 19.8 Å². The first-order valence-electron chi connectivity index (χ1n) is 9.34. The molecule has 154 valence electrons. The second kappa shape index (κ2) is 10.5. The van der Waals surface area contributed by atoms with Crippen molar-refractivity contribution < 1.29 is 14.3 Å². The highest BCUT2D eigenvalue weighted by atomic mass is 79.9. The summed E-state index contributed by atoms with van der Waals surface area (Å²) < 4.78 is 11.1. The van der Waals surface area contributed by atoms with Crippen molar-refractivity contribution in [2.75, 3.05) is 45.8 Å². The van der Waals surface area contributed by atoms with E-state index in [1.807, 2.05) is 24.3 Å². The lowest BCUT2D eigenvalue weighted by molar-refractivity contribution is 0.102. The molecule has 0 bridgehead atoms. The normalized spacial score (nSPS) is 11.3. The summed E-state index contributed by atoms with van der Waals surface area (Å²) in [5.41, 5.74) is 3.07. The molecule has 0 fully saturated rings. The molecule has 0 unspecified atom stereocenters. The number of rotatable bonds is 10. The van der Waals surface area contributed by atoms with Crippen molar-refractivity contribution in [1.82, 2.24) is 14.9 Å². The SMILES string of the molecule is COCCN(CCOC)Cc1cc2cc(NC(=O)c3ccccc3Br)cnc2[nH]1. The molecule has 2 N–H and O–H groups in total. The van der Waals surface area contributed by atoms with Crippen molar-refractivity contribution in [1.29, 1.82) is 0 Å². The fourth-order valence-corrected chi connectivity index (χ4v) is 3.49. The van der Waals surface area contributed by atoms with E-state index in [1.54, 1.807) is 26.5 Å². The molecule has 0 aliphatic carbocycles. The number of ether oxygens (including phenoxy) is 2. The number of nitrogens with one attached hydrogen (secondary N) is 2. The van der Waals surface area contributed by atoms with Gasteiger partial charge in [-0.3, -0.25) is 9.69 Å². The van der Waals surface area contributed by atoms with Crippen molar-refractivity contribution >= 4 is 38.6 Å². The molecule has 0 spiro atoms. The third kappa shape index (κ3) is 5.86. The quantitative estimate of drug-likeness (QED) is 0.482. The first-order valence-corrected chi connectivity index (χ1v) is 10.1. The molecular formula is C21H25BrN4O3. The molecule has 8 heteroatoms. The van der Waals surface area contributed by atoms with Gasteiger partial charge in [-0.1, -0.05) is 12.1 Å². The molecule has 1 aromatic carbocycles. The highest BCUT2D eigenvalue weighted by Crippen LogP contribution is 2.21. The topological polar surface area (TPSA) is 79.5 Å². The molecule has 0 saturated carbocycles. The number of benzene rings is 1. The second-order valence-corrected chi connectivity index (χ2v) is 7.51. The third-order valence-electron chi connectivity index (χ3n) is 4.52. The van der Waals surface area contributed by atoms with E-state index in [0.717, 1.165) is 40.8 Å². The van der Waals surface area contributed by atoms with Crippen LogP contribution in [0, 0.1) is 0 Å². The molecular weight excluding hydrogens is 436 g/mol. The average molecular weight is 461 g/mol. The van der Waals surface area contributed by atoms with E-state index >= 15 is 0 Å². The van der Waals surface area contributed by atoms with Crippen LogP contribution >= 0.6 is 15.9 Å². The standard InChI is InChI=1S/C21H25BrN4O3/c1-28-9-7-26(8-10-29-2)14-17-12-15-11-16(13-23-20(15)24-17)25-21(27)18-5-3-4-6-19(18)22/h3-6,11-13H,7-10,14H2,1-2H3,(H,23,24)(H,25,27). The molecule has 0 saturated heterocycles. The number of pyridine rings is 1. The van der Waals surface area contributed by atoms with Crippen LogP contribution in [-0.4, -0.2) is 61.3 Å². The summed E-state index contributed by atoms with van der Waals surface area (Å²) in [5, 5.41) is 3.86. The Bertz CT molecular complexity index is 952. The fraction of sp³-hybridized carbons (Fsp3) is 0.333. The van der Waals surface area contributed by atoms with Crippen LogP contribution in [0.4, 0.5) is 5.69 Å². The number of carbonyl (C=O) groups excluding carboxylic acids is 1. The third-order valence-corrected chi connectivity index (χ3v) is 5.21. The van der Waals surface area contributed by atoms with E-state index in [9.17, 15) is 4.79 Å². The Morgan fingerprint density at radius 1 is 1.17 bits per heavy atom. The fourth-order valence-electron chi connectivity index (χ4n) is 3.02. The van der Waals surface area contributed by atoms with Crippen molar-refractivity contribution in [3.63, 3.8) is 0 Å². The van der Waals surface area contributed by atoms with E-state index < -0.39 is 0 Å². The molecule has 0 aliphatic heterocycles. The van der Waals surface area contributed by atoms with Crippen molar-refractivity contribution in [2.24, 2.45) is 0 Å². The average Bonchev–Trinajstić information content (AvgIpc) is 3.11. The Labute approximate surface area is 178 Å². The molecule has 3 rings (SSSR count). The number of carbonyl (C=O) groups is 1. The Balaban J connectivity index is 1.72. The highest BCUT2D eigenvalue weighted by molar-refractivity contribution is 9.10. The lowest BCUT2D eigenvalue weighted by Crippen LogP contribution is -2.30. The van der Waals surface area contributed by atoms with E-state index in [4.69, 9.17) is 9.47 Å². The molecule has 1 amide bonds. The number of nitrogens with zero attached hydrogens (tertiary/aromatic N) is 2. The predicted molar refractivity (Wildman–Crippen MR) is 117 cm³/mol. The Kier molecular flexibility index (Phi) is 7.76. The zero-order chi connectivity index (χ0) is 20.6. The van der Waals surface area contributed by atoms with Crippen LogP contribution in [0.25, 0.3) is 11.0 Å². The van der Waals surface area contributed by atoms with Crippen molar-refractivity contribution in [2.45, 2.75) is 6.54 Å². The van der Waals surface area contributed by atoms with Gasteiger partial charge in [0.15, 0.2) is 0 Å². The summed E-state index contributed by atoms with van der Waals surface area (Å²) in [5.74, 6) is -0.181. The van der Waals surface area contributed by atoms with E-state index in [-0.39, 0.29) is 5.91 Å². The number of hydrogen-bond acceptors (Lipinski definition) is 5. The van der Waals surface area contributed by atoms with Crippen LogP contribution in [0.15, 0.2) is 47.1 Å². The first-order chi connectivity index (χ1) is 14.1. The van der Waals surface area contributed by atoms with Gasteiger partial charge in [-0.2, -0.15) is 0 Å². The molecule has 0 aliphatic rings. The summed E-state index contributed by atoms with van der Waals surface area (Å²) in [6.45, 7) is 3.69. The number of anilines is 1. The maximum Gasteiger partial charge on any atom is 0.256 e. The van der Waals surface area contributed by atoms with Crippen LogP contribution in [0.5, 0.6) is 0 Å². The number of aromatic nitrogens is 2. The van der Waals surface area contributed by atoms with Gasteiger partial charge >= 0.3 is 0 Å². The molecule has 0 radical (unpaired) electrons. The zero-order valence-corrected chi connectivity index (χ0v) is 18.2. The molecule has 2 heterocycles. The number of amides is 1. The van der Waals surface area contributed by atoms with Gasteiger partial charge in [0, 0.05) is 49.4 Å². The zero-order valence-electron chi connectivity index (χ0n) is 16.6. The lowest BCUT2D eigenvalue weighted by Gasteiger charge is -2.20. The Morgan fingerprint density at radius 3 is 2.59 bits per heavy atom. The molecule has 0 atom stereocenters. The van der Waals surface area contributed by atoms with Gasteiger partial charge in [0.1, 0.15) is 5.65 Å². The van der Waals surface area contributed by atoms with Gasteiger partial charge in [-0.15, -0.1) is 0 Å². The van der Waals surface area contributed by atoms with Gasteiger partial charge in [-0.05, 0) is 40.2 Å². The minimum Gasteiger partial charge on any atom is -0.383 e. The molecule has 3 aromatic rings. The van der Waals surface area contributed by atoms with E-state index in [0.29, 0.717) is 24.5 Å². The van der Waals surface area contributed by atoms with Gasteiger partial charge in [0.05, 0.1) is 30.7 Å². The monoisotopic (exact) mass is 460 g/mol. The Hall–Kier alpha value is -2.26. The van der Waals surface area contributed by atoms with Crippen molar-refractivity contribution in [3.05, 3.63) is 58.3 Å². The van der Waals surface area contributed by atoms with Crippen LogP contribution in [-0.2, 0) is 16.0 Å². The van der Waals surface area contributed by atoms with Gasteiger partial charge in [0.25, 0.3) is 5.91 Å². The number of H-pyrrole nitrogens is 1. The maximum absolute atomic E-state index is 12.5. The summed E-state index contributed by atoms with van der Waals surface area (Å²) in [4.78, 5) is 22.6. The van der Waals surface area contributed by atoms with Crippen LogP contribution < -0.4 is 5.32 Å². The number of halogens is 1.